The summed E-state index contributed by atoms with van der Waals surface area (Å²) >= 11 is 0. The first-order chi connectivity index (χ1) is 13.1. The van der Waals surface area contributed by atoms with E-state index in [1.165, 1.54) is 0 Å². The molecule has 0 spiro atoms. The zero-order valence-electron chi connectivity index (χ0n) is 16.3. The lowest BCUT2D eigenvalue weighted by Gasteiger charge is -2.23. The van der Waals surface area contributed by atoms with Gasteiger partial charge in [0.2, 0.25) is 5.75 Å². The van der Waals surface area contributed by atoms with Crippen molar-refractivity contribution >= 4 is 5.97 Å². The Kier molecular flexibility index (Phi) is 8.00. The molecule has 7 heteroatoms. The highest BCUT2D eigenvalue weighted by atomic mass is 16.5. The van der Waals surface area contributed by atoms with Crippen LogP contribution in [0.3, 0.4) is 0 Å². The standard InChI is InChI=1S/C20H27NO6/c1-5-26-18(22)10-11-21(14-16-7-6-12-27-16)13-15-8-9-17(23-2)20(25-4)19(15)24-3/h6-9,12H,5,10-11,13-14H2,1-4H3. The van der Waals surface area contributed by atoms with E-state index in [4.69, 9.17) is 23.4 Å². The van der Waals surface area contributed by atoms with Crippen molar-refractivity contribution in [3.05, 3.63) is 41.9 Å². The van der Waals surface area contributed by atoms with Gasteiger partial charge in [-0.15, -0.1) is 0 Å². The third-order valence-corrected chi connectivity index (χ3v) is 4.08. The summed E-state index contributed by atoms with van der Waals surface area (Å²) in [5.74, 6) is 2.35. The summed E-state index contributed by atoms with van der Waals surface area (Å²) in [6.45, 7) is 3.80. The van der Waals surface area contributed by atoms with Crippen LogP contribution in [0.25, 0.3) is 0 Å². The Morgan fingerprint density at radius 2 is 1.81 bits per heavy atom. The fourth-order valence-corrected chi connectivity index (χ4v) is 2.85. The van der Waals surface area contributed by atoms with E-state index in [-0.39, 0.29) is 5.97 Å². The van der Waals surface area contributed by atoms with Gasteiger partial charge in [0.25, 0.3) is 0 Å². The lowest BCUT2D eigenvalue weighted by Crippen LogP contribution is -2.26. The van der Waals surface area contributed by atoms with Gasteiger partial charge in [-0.1, -0.05) is 6.07 Å². The summed E-state index contributed by atoms with van der Waals surface area (Å²) in [5, 5.41) is 0. The van der Waals surface area contributed by atoms with E-state index in [2.05, 4.69) is 4.90 Å². The minimum atomic E-state index is -0.221. The Balaban J connectivity index is 2.21. The van der Waals surface area contributed by atoms with E-state index in [0.29, 0.717) is 49.9 Å². The van der Waals surface area contributed by atoms with E-state index in [1.807, 2.05) is 24.3 Å². The van der Waals surface area contributed by atoms with Gasteiger partial charge in [0, 0.05) is 18.7 Å². The number of hydrogen-bond acceptors (Lipinski definition) is 7. The van der Waals surface area contributed by atoms with Gasteiger partial charge in [-0.05, 0) is 25.1 Å². The molecule has 0 aliphatic rings. The molecule has 0 unspecified atom stereocenters. The van der Waals surface area contributed by atoms with Gasteiger partial charge in [0.15, 0.2) is 11.5 Å². The summed E-state index contributed by atoms with van der Waals surface area (Å²) in [6.07, 6.45) is 1.93. The number of carbonyl (C=O) groups excluding carboxylic acids is 1. The molecule has 1 heterocycles. The first-order valence-electron chi connectivity index (χ1n) is 8.81. The average molecular weight is 377 g/mol. The molecule has 2 aromatic rings. The normalized spacial score (nSPS) is 10.7. The quantitative estimate of drug-likeness (QED) is 0.557. The molecule has 7 nitrogen and oxygen atoms in total. The van der Waals surface area contributed by atoms with Crippen molar-refractivity contribution in [1.82, 2.24) is 4.90 Å². The van der Waals surface area contributed by atoms with Gasteiger partial charge < -0.3 is 23.4 Å². The maximum absolute atomic E-state index is 11.8. The number of esters is 1. The van der Waals surface area contributed by atoms with Crippen molar-refractivity contribution in [2.24, 2.45) is 0 Å². The number of furan rings is 1. The first kappa shape index (κ1) is 20.6. The summed E-state index contributed by atoms with van der Waals surface area (Å²) in [6, 6.07) is 7.52. The molecular formula is C20H27NO6. The predicted molar refractivity (Wildman–Crippen MR) is 100 cm³/mol. The van der Waals surface area contributed by atoms with Crippen molar-refractivity contribution in [3.8, 4) is 17.2 Å². The molecule has 0 aliphatic carbocycles. The highest BCUT2D eigenvalue weighted by Crippen LogP contribution is 2.40. The Hall–Kier alpha value is -2.67. The molecule has 0 bridgehead atoms. The second-order valence-electron chi connectivity index (χ2n) is 5.84. The van der Waals surface area contributed by atoms with Crippen LogP contribution in [-0.2, 0) is 22.6 Å². The fourth-order valence-electron chi connectivity index (χ4n) is 2.85. The lowest BCUT2D eigenvalue weighted by atomic mass is 10.1. The van der Waals surface area contributed by atoms with Crippen LogP contribution in [0.5, 0.6) is 17.2 Å². The van der Waals surface area contributed by atoms with Crippen LogP contribution < -0.4 is 14.2 Å². The summed E-state index contributed by atoms with van der Waals surface area (Å²) in [5.41, 5.74) is 0.922. The van der Waals surface area contributed by atoms with E-state index in [9.17, 15) is 4.79 Å². The largest absolute Gasteiger partial charge is 0.493 e. The highest BCUT2D eigenvalue weighted by Gasteiger charge is 2.19. The van der Waals surface area contributed by atoms with Crippen molar-refractivity contribution in [2.45, 2.75) is 26.4 Å². The highest BCUT2D eigenvalue weighted by molar-refractivity contribution is 5.69. The molecule has 0 atom stereocenters. The van der Waals surface area contributed by atoms with Gasteiger partial charge in [-0.25, -0.2) is 0 Å². The zero-order chi connectivity index (χ0) is 19.6. The smallest absolute Gasteiger partial charge is 0.307 e. The van der Waals surface area contributed by atoms with Crippen molar-refractivity contribution in [1.29, 1.82) is 0 Å². The predicted octanol–water partition coefficient (Wildman–Crippen LogP) is 3.26. The van der Waals surface area contributed by atoms with Crippen molar-refractivity contribution in [3.63, 3.8) is 0 Å². The summed E-state index contributed by atoms with van der Waals surface area (Å²) in [7, 11) is 4.75. The van der Waals surface area contributed by atoms with Gasteiger partial charge in [-0.2, -0.15) is 0 Å². The molecule has 0 aliphatic heterocycles. The molecule has 0 saturated carbocycles. The monoisotopic (exact) mass is 377 g/mol. The maximum Gasteiger partial charge on any atom is 0.307 e. The first-order valence-corrected chi connectivity index (χ1v) is 8.81. The van der Waals surface area contributed by atoms with Crippen LogP contribution in [0.15, 0.2) is 34.9 Å². The number of nitrogens with zero attached hydrogens (tertiary/aromatic N) is 1. The maximum atomic E-state index is 11.8. The van der Waals surface area contributed by atoms with Crippen molar-refractivity contribution < 1.29 is 28.2 Å². The van der Waals surface area contributed by atoms with Crippen LogP contribution in [0.4, 0.5) is 0 Å². The molecule has 0 N–H and O–H groups in total. The Bertz CT molecular complexity index is 714. The topological polar surface area (TPSA) is 70.4 Å². The van der Waals surface area contributed by atoms with Crippen LogP contribution in [0, 0.1) is 0 Å². The molecule has 148 valence electrons. The van der Waals surface area contributed by atoms with E-state index < -0.39 is 0 Å². The molecule has 0 saturated heterocycles. The van der Waals surface area contributed by atoms with Crippen LogP contribution in [0.2, 0.25) is 0 Å². The minimum absolute atomic E-state index is 0.221. The molecular weight excluding hydrogens is 350 g/mol. The molecule has 0 radical (unpaired) electrons. The Morgan fingerprint density at radius 1 is 1.04 bits per heavy atom. The second-order valence-corrected chi connectivity index (χ2v) is 5.84. The third kappa shape index (κ3) is 5.65. The van der Waals surface area contributed by atoms with E-state index in [0.717, 1.165) is 11.3 Å². The number of carbonyl (C=O) groups is 1. The molecule has 27 heavy (non-hydrogen) atoms. The molecule has 1 aromatic heterocycles. The Labute approximate surface area is 159 Å². The molecule has 0 fully saturated rings. The number of methoxy groups -OCH3 is 3. The second kappa shape index (κ2) is 10.5. The minimum Gasteiger partial charge on any atom is -0.493 e. The lowest BCUT2D eigenvalue weighted by molar-refractivity contribution is -0.143. The average Bonchev–Trinajstić information content (AvgIpc) is 3.18. The van der Waals surface area contributed by atoms with Gasteiger partial charge in [0.05, 0.1) is 47.2 Å². The summed E-state index contributed by atoms with van der Waals surface area (Å²) in [4.78, 5) is 13.9. The molecule has 2 rings (SSSR count). The van der Waals surface area contributed by atoms with Crippen LogP contribution in [-0.4, -0.2) is 45.4 Å². The van der Waals surface area contributed by atoms with Crippen LogP contribution in [0.1, 0.15) is 24.7 Å². The molecule has 0 amide bonds. The number of ether oxygens (including phenoxy) is 4. The van der Waals surface area contributed by atoms with E-state index >= 15 is 0 Å². The van der Waals surface area contributed by atoms with Gasteiger partial charge in [0.1, 0.15) is 5.76 Å². The zero-order valence-corrected chi connectivity index (χ0v) is 16.3. The van der Waals surface area contributed by atoms with Gasteiger partial charge in [-0.3, -0.25) is 9.69 Å². The number of benzene rings is 1. The van der Waals surface area contributed by atoms with Gasteiger partial charge >= 0.3 is 5.97 Å². The number of hydrogen-bond donors (Lipinski definition) is 0. The van der Waals surface area contributed by atoms with Crippen LogP contribution >= 0.6 is 0 Å². The third-order valence-electron chi connectivity index (χ3n) is 4.08. The SMILES string of the molecule is CCOC(=O)CCN(Cc1ccco1)Cc1ccc(OC)c(OC)c1OC. The fraction of sp³-hybridized carbons (Fsp3) is 0.450. The number of rotatable bonds is 11. The Morgan fingerprint density at radius 3 is 2.41 bits per heavy atom. The summed E-state index contributed by atoms with van der Waals surface area (Å²) < 4.78 is 26.9. The van der Waals surface area contributed by atoms with E-state index in [1.54, 1.807) is 34.5 Å². The van der Waals surface area contributed by atoms with Crippen molar-refractivity contribution in [2.75, 3.05) is 34.5 Å². The molecule has 1 aromatic carbocycles.